The molecule has 176 valence electrons. The minimum atomic E-state index is -1.23. The van der Waals surface area contributed by atoms with Gasteiger partial charge in [-0.15, -0.1) is 6.42 Å². The smallest absolute Gasteiger partial charge is 0.200 e. The van der Waals surface area contributed by atoms with E-state index >= 15 is 0 Å². The van der Waals surface area contributed by atoms with Gasteiger partial charge in [0.05, 0.1) is 27.4 Å². The van der Waals surface area contributed by atoms with Crippen molar-refractivity contribution in [3.8, 4) is 29.6 Å². The molecule has 1 N–H and O–H groups in total. The predicted molar refractivity (Wildman–Crippen MR) is 132 cm³/mol. The summed E-state index contributed by atoms with van der Waals surface area (Å²) >= 11 is 6.17. The summed E-state index contributed by atoms with van der Waals surface area (Å²) in [4.78, 5) is 13.9. The number of nitrogens with zero attached hydrogens (tertiary/aromatic N) is 1. The van der Waals surface area contributed by atoms with Gasteiger partial charge in [-0.25, -0.2) is 0 Å². The van der Waals surface area contributed by atoms with Gasteiger partial charge in [0.1, 0.15) is 0 Å². The largest absolute Gasteiger partial charge is 0.502 e. The minimum Gasteiger partial charge on any atom is -0.502 e. The van der Waals surface area contributed by atoms with Crippen molar-refractivity contribution in [2.75, 3.05) is 27.8 Å². The lowest BCUT2D eigenvalue weighted by molar-refractivity contribution is -0.128. The van der Waals surface area contributed by atoms with Crippen molar-refractivity contribution in [2.24, 2.45) is 0 Å². The summed E-state index contributed by atoms with van der Waals surface area (Å²) in [6.45, 7) is 0.315. The standard InChI is InChI=1S/C27H26ClNO5/c1-5-14-29(2)27(21-10-12-22(28)13-11-21,23-9-7-6-8-20(23)17-30)34-18-19-15-24(32-3)26(31)25(16-19)33-4/h1,6-13,15-17,31H,14,18H2,2-4H3. The van der Waals surface area contributed by atoms with E-state index < -0.39 is 5.72 Å². The molecular weight excluding hydrogens is 454 g/mol. The number of benzene rings is 3. The van der Waals surface area contributed by atoms with Crippen LogP contribution in [0.1, 0.15) is 27.0 Å². The quantitative estimate of drug-likeness (QED) is 0.254. The average Bonchev–Trinajstić information content (AvgIpc) is 2.86. The molecule has 0 amide bonds. The van der Waals surface area contributed by atoms with Crippen molar-refractivity contribution in [1.29, 1.82) is 0 Å². The summed E-state index contributed by atoms with van der Waals surface area (Å²) < 4.78 is 17.2. The summed E-state index contributed by atoms with van der Waals surface area (Å²) in [6.07, 6.45) is 6.47. The summed E-state index contributed by atoms with van der Waals surface area (Å²) in [5.41, 5.74) is 1.28. The lowest BCUT2D eigenvalue weighted by atomic mass is 9.89. The maximum atomic E-state index is 12.0. The first-order chi connectivity index (χ1) is 16.4. The molecule has 0 saturated carbocycles. The Morgan fingerprint density at radius 1 is 1.09 bits per heavy atom. The number of carbonyl (C=O) groups excluding carboxylic acids is 1. The molecule has 1 unspecified atom stereocenters. The van der Waals surface area contributed by atoms with Crippen LogP contribution in [0, 0.1) is 12.3 Å². The fourth-order valence-corrected chi connectivity index (χ4v) is 4.03. The van der Waals surface area contributed by atoms with Crippen molar-refractivity contribution >= 4 is 17.9 Å². The van der Waals surface area contributed by atoms with E-state index in [4.69, 9.17) is 32.2 Å². The number of methoxy groups -OCH3 is 2. The van der Waals surface area contributed by atoms with Crippen LogP contribution in [0.4, 0.5) is 0 Å². The average molecular weight is 480 g/mol. The summed E-state index contributed by atoms with van der Waals surface area (Å²) in [5, 5.41) is 10.8. The zero-order chi connectivity index (χ0) is 24.7. The zero-order valence-corrected chi connectivity index (χ0v) is 20.0. The first-order valence-corrected chi connectivity index (χ1v) is 10.8. The molecule has 1 atom stereocenters. The molecular formula is C27H26ClNO5. The van der Waals surface area contributed by atoms with Crippen LogP contribution in [-0.4, -0.2) is 44.1 Å². The van der Waals surface area contributed by atoms with Crippen LogP contribution in [0.15, 0.2) is 60.7 Å². The predicted octanol–water partition coefficient (Wildman–Crippen LogP) is 4.86. The maximum Gasteiger partial charge on any atom is 0.200 e. The van der Waals surface area contributed by atoms with Gasteiger partial charge in [0.15, 0.2) is 23.5 Å². The third-order valence-electron chi connectivity index (χ3n) is 5.54. The second kappa shape index (κ2) is 11.1. The van der Waals surface area contributed by atoms with Gasteiger partial charge >= 0.3 is 0 Å². The van der Waals surface area contributed by atoms with Gasteiger partial charge in [-0.1, -0.05) is 53.9 Å². The SMILES string of the molecule is C#CCN(C)C(OCc1cc(OC)c(O)c(OC)c1)(c1ccc(Cl)cc1)c1ccccc1C=O. The van der Waals surface area contributed by atoms with Gasteiger partial charge in [0.25, 0.3) is 0 Å². The Kier molecular flexibility index (Phi) is 8.19. The van der Waals surface area contributed by atoms with Gasteiger partial charge in [0, 0.05) is 21.7 Å². The van der Waals surface area contributed by atoms with E-state index in [1.807, 2.05) is 36.2 Å². The highest BCUT2D eigenvalue weighted by atomic mass is 35.5. The molecule has 0 fully saturated rings. The molecule has 0 bridgehead atoms. The Morgan fingerprint density at radius 3 is 2.26 bits per heavy atom. The van der Waals surface area contributed by atoms with Crippen molar-refractivity contribution in [3.63, 3.8) is 0 Å². The fraction of sp³-hybridized carbons (Fsp3) is 0.222. The number of phenols is 1. The van der Waals surface area contributed by atoms with Crippen LogP contribution in [0.5, 0.6) is 17.2 Å². The number of terminal acetylenes is 1. The number of aldehydes is 1. The number of aromatic hydroxyl groups is 1. The Hall–Kier alpha value is -3.50. The molecule has 0 aliphatic rings. The van der Waals surface area contributed by atoms with Crippen molar-refractivity contribution in [1.82, 2.24) is 4.90 Å². The molecule has 34 heavy (non-hydrogen) atoms. The lowest BCUT2D eigenvalue weighted by Crippen LogP contribution is -2.48. The number of ether oxygens (including phenoxy) is 3. The molecule has 0 aromatic heterocycles. The Bertz CT molecular complexity index is 1160. The molecule has 0 radical (unpaired) electrons. The Morgan fingerprint density at radius 2 is 1.71 bits per heavy atom. The second-order valence-electron chi connectivity index (χ2n) is 7.55. The summed E-state index contributed by atoms with van der Waals surface area (Å²) in [7, 11) is 4.74. The zero-order valence-electron chi connectivity index (χ0n) is 19.2. The number of rotatable bonds is 10. The molecule has 0 aliphatic carbocycles. The number of halogens is 1. The van der Waals surface area contributed by atoms with Gasteiger partial charge < -0.3 is 19.3 Å². The molecule has 0 saturated heterocycles. The number of hydrogen-bond donors (Lipinski definition) is 1. The van der Waals surface area contributed by atoms with Gasteiger partial charge in [-0.2, -0.15) is 0 Å². The molecule has 7 heteroatoms. The third kappa shape index (κ3) is 4.87. The molecule has 0 spiro atoms. The first-order valence-electron chi connectivity index (χ1n) is 10.4. The van der Waals surface area contributed by atoms with E-state index in [0.717, 1.165) is 11.8 Å². The summed E-state index contributed by atoms with van der Waals surface area (Å²) in [5.74, 6) is 3.06. The number of hydrogen-bond acceptors (Lipinski definition) is 6. The molecule has 3 rings (SSSR count). The second-order valence-corrected chi connectivity index (χ2v) is 7.99. The first kappa shape index (κ1) is 25.1. The Balaban J connectivity index is 2.21. The van der Waals surface area contributed by atoms with Crippen molar-refractivity contribution < 1.29 is 24.1 Å². The maximum absolute atomic E-state index is 12.0. The van der Waals surface area contributed by atoms with Crippen molar-refractivity contribution in [3.05, 3.63) is 87.9 Å². The Labute approximate surface area is 204 Å². The van der Waals surface area contributed by atoms with Crippen molar-refractivity contribution in [2.45, 2.75) is 12.3 Å². The normalized spacial score (nSPS) is 12.6. The lowest BCUT2D eigenvalue weighted by Gasteiger charge is -2.42. The fourth-order valence-electron chi connectivity index (χ4n) is 3.90. The van der Waals surface area contributed by atoms with E-state index in [0.29, 0.717) is 21.7 Å². The van der Waals surface area contributed by atoms with E-state index in [9.17, 15) is 9.90 Å². The number of carbonyl (C=O) groups is 1. The third-order valence-corrected chi connectivity index (χ3v) is 5.79. The van der Waals surface area contributed by atoms with Crippen LogP contribution >= 0.6 is 11.6 Å². The van der Waals surface area contributed by atoms with Gasteiger partial charge in [0.2, 0.25) is 5.75 Å². The highest BCUT2D eigenvalue weighted by Gasteiger charge is 2.41. The van der Waals surface area contributed by atoms with E-state index in [2.05, 4.69) is 5.92 Å². The highest BCUT2D eigenvalue weighted by Crippen LogP contribution is 2.41. The monoisotopic (exact) mass is 479 g/mol. The topological polar surface area (TPSA) is 68.2 Å². The molecule has 3 aromatic rings. The van der Waals surface area contributed by atoms with E-state index in [1.165, 1.54) is 14.2 Å². The van der Waals surface area contributed by atoms with Gasteiger partial charge in [-0.05, 0) is 36.9 Å². The van der Waals surface area contributed by atoms with Gasteiger partial charge in [-0.3, -0.25) is 9.69 Å². The molecule has 0 aliphatic heterocycles. The van der Waals surface area contributed by atoms with Crippen LogP contribution < -0.4 is 9.47 Å². The van der Waals surface area contributed by atoms with Crippen LogP contribution in [-0.2, 0) is 17.1 Å². The highest BCUT2D eigenvalue weighted by molar-refractivity contribution is 6.30. The van der Waals surface area contributed by atoms with E-state index in [-0.39, 0.29) is 30.4 Å². The van der Waals surface area contributed by atoms with Crippen LogP contribution in [0.25, 0.3) is 0 Å². The molecule has 0 heterocycles. The van der Waals surface area contributed by atoms with Crippen LogP contribution in [0.2, 0.25) is 5.02 Å². The number of phenolic OH excluding ortho intramolecular Hbond substituents is 1. The molecule has 6 nitrogen and oxygen atoms in total. The van der Waals surface area contributed by atoms with Crippen LogP contribution in [0.3, 0.4) is 0 Å². The minimum absolute atomic E-state index is 0.0811. The molecule has 3 aromatic carbocycles. The van der Waals surface area contributed by atoms with E-state index in [1.54, 1.807) is 36.4 Å². The summed E-state index contributed by atoms with van der Waals surface area (Å²) in [6, 6.07) is 17.7.